The number of esters is 1. The van der Waals surface area contributed by atoms with Crippen molar-refractivity contribution in [2.75, 3.05) is 7.11 Å². The van der Waals surface area contributed by atoms with Gasteiger partial charge in [0.25, 0.3) is 0 Å². The lowest BCUT2D eigenvalue weighted by Crippen LogP contribution is -2.02. The molecule has 0 amide bonds. The van der Waals surface area contributed by atoms with Crippen molar-refractivity contribution in [2.45, 2.75) is 0 Å². The van der Waals surface area contributed by atoms with Gasteiger partial charge in [-0.25, -0.2) is 9.78 Å². The van der Waals surface area contributed by atoms with Crippen LogP contribution in [0.25, 0.3) is 5.69 Å². The summed E-state index contributed by atoms with van der Waals surface area (Å²) in [5.74, 6) is 0.963. The Labute approximate surface area is 127 Å². The van der Waals surface area contributed by atoms with E-state index in [2.05, 4.69) is 9.72 Å². The number of hydrogen-bond acceptors (Lipinski definition) is 4. The van der Waals surface area contributed by atoms with E-state index in [1.165, 1.54) is 7.11 Å². The number of rotatable bonds is 4. The molecule has 5 nitrogen and oxygen atoms in total. The smallest absolute Gasteiger partial charge is 0.337 e. The summed E-state index contributed by atoms with van der Waals surface area (Å²) in [5, 5.41) is 0. The predicted octanol–water partition coefficient (Wildman–Crippen LogP) is 3.45. The van der Waals surface area contributed by atoms with Crippen LogP contribution >= 0.6 is 0 Å². The fraction of sp³-hybridized carbons (Fsp3) is 0.0588. The minimum Gasteiger partial charge on any atom is -0.465 e. The van der Waals surface area contributed by atoms with E-state index in [1.54, 1.807) is 29.2 Å². The highest BCUT2D eigenvalue weighted by Gasteiger charge is 2.09. The van der Waals surface area contributed by atoms with Gasteiger partial charge in [0.1, 0.15) is 12.1 Å². The van der Waals surface area contributed by atoms with Crippen LogP contribution in [0.15, 0.2) is 67.1 Å². The average molecular weight is 294 g/mol. The summed E-state index contributed by atoms with van der Waals surface area (Å²) in [7, 11) is 1.36. The van der Waals surface area contributed by atoms with Gasteiger partial charge in [-0.1, -0.05) is 18.2 Å². The summed E-state index contributed by atoms with van der Waals surface area (Å²) >= 11 is 0. The van der Waals surface area contributed by atoms with Crippen LogP contribution in [0, 0.1) is 0 Å². The monoisotopic (exact) mass is 294 g/mol. The molecular weight excluding hydrogens is 280 g/mol. The van der Waals surface area contributed by atoms with Crippen molar-refractivity contribution < 1.29 is 14.3 Å². The zero-order valence-electron chi connectivity index (χ0n) is 12.0. The van der Waals surface area contributed by atoms with E-state index in [4.69, 9.17) is 4.74 Å². The van der Waals surface area contributed by atoms with Crippen LogP contribution in [0.5, 0.6) is 11.6 Å². The van der Waals surface area contributed by atoms with E-state index >= 15 is 0 Å². The van der Waals surface area contributed by atoms with Crippen molar-refractivity contribution in [3.05, 3.63) is 72.7 Å². The van der Waals surface area contributed by atoms with Gasteiger partial charge in [0.05, 0.1) is 24.6 Å². The third kappa shape index (κ3) is 2.83. The van der Waals surface area contributed by atoms with Gasteiger partial charge in [0.15, 0.2) is 0 Å². The molecule has 0 aliphatic rings. The quantitative estimate of drug-likeness (QED) is 0.692. The van der Waals surface area contributed by atoms with E-state index in [0.717, 1.165) is 11.4 Å². The number of para-hydroxylation sites is 1. The van der Waals surface area contributed by atoms with Crippen LogP contribution in [0.4, 0.5) is 0 Å². The van der Waals surface area contributed by atoms with E-state index in [-0.39, 0.29) is 5.97 Å². The number of carbonyl (C=O) groups is 1. The lowest BCUT2D eigenvalue weighted by atomic mass is 10.2. The summed E-state index contributed by atoms with van der Waals surface area (Å²) in [4.78, 5) is 15.6. The normalized spacial score (nSPS) is 10.2. The molecule has 1 heterocycles. The van der Waals surface area contributed by atoms with Gasteiger partial charge in [-0.3, -0.25) is 4.57 Å². The molecule has 3 aromatic rings. The van der Waals surface area contributed by atoms with Crippen molar-refractivity contribution >= 4 is 5.97 Å². The SMILES string of the molecule is COC(=O)c1ccc(-n2cncc2Oc2ccccc2)cc1. The molecule has 0 unspecified atom stereocenters. The summed E-state index contributed by atoms with van der Waals surface area (Å²) < 4.78 is 12.3. The standard InChI is InChI=1S/C17H14N2O3/c1-21-17(20)13-7-9-14(10-8-13)19-12-18-11-16(19)22-15-5-3-2-4-6-15/h2-12H,1H3. The zero-order chi connectivity index (χ0) is 15.4. The third-order valence-electron chi connectivity index (χ3n) is 3.14. The van der Waals surface area contributed by atoms with Crippen LogP contribution in [-0.2, 0) is 4.74 Å². The molecule has 0 saturated carbocycles. The maximum Gasteiger partial charge on any atom is 0.337 e. The van der Waals surface area contributed by atoms with Gasteiger partial charge in [-0.2, -0.15) is 0 Å². The highest BCUT2D eigenvalue weighted by Crippen LogP contribution is 2.24. The Morgan fingerprint density at radius 2 is 1.77 bits per heavy atom. The molecule has 0 fully saturated rings. The molecule has 2 aromatic carbocycles. The molecule has 5 heteroatoms. The van der Waals surface area contributed by atoms with Crippen molar-refractivity contribution in [1.82, 2.24) is 9.55 Å². The molecule has 22 heavy (non-hydrogen) atoms. The molecule has 0 spiro atoms. The molecule has 3 rings (SSSR count). The number of benzene rings is 2. The minimum atomic E-state index is -0.363. The van der Waals surface area contributed by atoms with E-state index in [0.29, 0.717) is 11.4 Å². The van der Waals surface area contributed by atoms with Crippen LogP contribution in [-0.4, -0.2) is 22.6 Å². The van der Waals surface area contributed by atoms with Crippen molar-refractivity contribution in [1.29, 1.82) is 0 Å². The number of nitrogens with zero attached hydrogens (tertiary/aromatic N) is 2. The van der Waals surface area contributed by atoms with Gasteiger partial charge >= 0.3 is 5.97 Å². The molecule has 1 aromatic heterocycles. The van der Waals surface area contributed by atoms with Crippen LogP contribution < -0.4 is 4.74 Å². The molecule has 110 valence electrons. The van der Waals surface area contributed by atoms with Crippen molar-refractivity contribution in [2.24, 2.45) is 0 Å². The number of ether oxygens (including phenoxy) is 2. The van der Waals surface area contributed by atoms with Gasteiger partial charge in [0.2, 0.25) is 5.88 Å². The Bertz CT molecular complexity index is 764. The molecule has 0 bridgehead atoms. The average Bonchev–Trinajstić information content (AvgIpc) is 3.03. The van der Waals surface area contributed by atoms with Crippen molar-refractivity contribution in [3.8, 4) is 17.3 Å². The summed E-state index contributed by atoms with van der Waals surface area (Å²) in [5.41, 5.74) is 1.34. The first kappa shape index (κ1) is 13.9. The van der Waals surface area contributed by atoms with Crippen LogP contribution in [0.2, 0.25) is 0 Å². The van der Waals surface area contributed by atoms with E-state index in [1.807, 2.05) is 42.5 Å². The molecule has 0 radical (unpaired) electrons. The van der Waals surface area contributed by atoms with Gasteiger partial charge in [-0.15, -0.1) is 0 Å². The van der Waals surface area contributed by atoms with Gasteiger partial charge in [0, 0.05) is 0 Å². The van der Waals surface area contributed by atoms with Crippen LogP contribution in [0.1, 0.15) is 10.4 Å². The molecule has 0 N–H and O–H groups in total. The second-order valence-electron chi connectivity index (χ2n) is 4.56. The second kappa shape index (κ2) is 6.13. The lowest BCUT2D eigenvalue weighted by molar-refractivity contribution is 0.0601. The fourth-order valence-corrected chi connectivity index (χ4v) is 2.04. The predicted molar refractivity (Wildman–Crippen MR) is 81.4 cm³/mol. The molecule has 0 aliphatic carbocycles. The fourth-order valence-electron chi connectivity index (χ4n) is 2.04. The maximum atomic E-state index is 11.5. The Morgan fingerprint density at radius 3 is 2.45 bits per heavy atom. The van der Waals surface area contributed by atoms with E-state index < -0.39 is 0 Å². The molecule has 0 atom stereocenters. The summed E-state index contributed by atoms with van der Waals surface area (Å²) in [6.07, 6.45) is 3.30. The second-order valence-corrected chi connectivity index (χ2v) is 4.56. The Morgan fingerprint density at radius 1 is 1.05 bits per heavy atom. The first-order valence-corrected chi connectivity index (χ1v) is 6.72. The van der Waals surface area contributed by atoms with Gasteiger partial charge < -0.3 is 9.47 Å². The Balaban J connectivity index is 1.87. The van der Waals surface area contributed by atoms with Crippen LogP contribution in [0.3, 0.4) is 0 Å². The summed E-state index contributed by atoms with van der Waals surface area (Å²) in [6.45, 7) is 0. The topological polar surface area (TPSA) is 53.4 Å². The van der Waals surface area contributed by atoms with Crippen molar-refractivity contribution in [3.63, 3.8) is 0 Å². The molecule has 0 aliphatic heterocycles. The highest BCUT2D eigenvalue weighted by atomic mass is 16.5. The number of hydrogen-bond donors (Lipinski definition) is 0. The van der Waals surface area contributed by atoms with E-state index in [9.17, 15) is 4.79 Å². The molecular formula is C17H14N2O3. The first-order chi connectivity index (χ1) is 10.8. The Kier molecular flexibility index (Phi) is 3.87. The van der Waals surface area contributed by atoms with Gasteiger partial charge in [-0.05, 0) is 36.4 Å². The minimum absolute atomic E-state index is 0.363. The summed E-state index contributed by atoms with van der Waals surface area (Å²) in [6, 6.07) is 16.5. The number of methoxy groups -OCH3 is 1. The third-order valence-corrected chi connectivity index (χ3v) is 3.14. The molecule has 0 saturated heterocycles. The maximum absolute atomic E-state index is 11.5. The Hall–Kier alpha value is -3.08. The highest BCUT2D eigenvalue weighted by molar-refractivity contribution is 5.89. The zero-order valence-corrected chi connectivity index (χ0v) is 12.0. The number of aromatic nitrogens is 2. The first-order valence-electron chi connectivity index (χ1n) is 6.72. The lowest BCUT2D eigenvalue weighted by Gasteiger charge is -2.09. The number of carbonyl (C=O) groups excluding carboxylic acids is 1. The number of imidazole rings is 1. The largest absolute Gasteiger partial charge is 0.465 e.